The van der Waals surface area contributed by atoms with Crippen LogP contribution in [-0.2, 0) is 0 Å². The highest BCUT2D eigenvalue weighted by atomic mass is 16.2. The number of nitrogens with one attached hydrogen (secondary N) is 1. The molecule has 1 aromatic heterocycles. The third-order valence-corrected chi connectivity index (χ3v) is 3.59. The van der Waals surface area contributed by atoms with Crippen LogP contribution in [0.5, 0.6) is 0 Å². The summed E-state index contributed by atoms with van der Waals surface area (Å²) in [4.78, 5) is 22.3. The van der Waals surface area contributed by atoms with Crippen molar-refractivity contribution in [3.05, 3.63) is 47.9 Å². The Labute approximate surface area is 128 Å². The van der Waals surface area contributed by atoms with Crippen molar-refractivity contribution in [2.24, 2.45) is 0 Å². The molecule has 0 unspecified atom stereocenters. The monoisotopic (exact) mass is 293 g/mol. The molecule has 1 saturated heterocycles. The van der Waals surface area contributed by atoms with Gasteiger partial charge in [0, 0.05) is 19.2 Å². The van der Waals surface area contributed by atoms with Crippen molar-refractivity contribution in [1.82, 2.24) is 14.9 Å². The molecule has 1 fully saturated rings. The van der Waals surface area contributed by atoms with Gasteiger partial charge < -0.3 is 10.2 Å². The summed E-state index contributed by atoms with van der Waals surface area (Å²) in [5, 5.41) is 12.2. The molecule has 1 aromatic carbocycles. The number of para-hydroxylation sites is 1. The Balaban J connectivity index is 1.82. The molecule has 2 aromatic rings. The molecule has 110 valence electrons. The van der Waals surface area contributed by atoms with Crippen LogP contribution in [0.15, 0.2) is 36.7 Å². The maximum Gasteiger partial charge on any atom is 0.272 e. The number of amides is 1. The van der Waals surface area contributed by atoms with Gasteiger partial charge >= 0.3 is 0 Å². The fourth-order valence-corrected chi connectivity index (χ4v) is 2.45. The van der Waals surface area contributed by atoms with Crippen molar-refractivity contribution in [2.75, 3.05) is 18.4 Å². The van der Waals surface area contributed by atoms with Gasteiger partial charge in [0.2, 0.25) is 0 Å². The summed E-state index contributed by atoms with van der Waals surface area (Å²) in [5.41, 5.74) is 1.55. The minimum Gasteiger partial charge on any atom is -0.339 e. The van der Waals surface area contributed by atoms with Crippen LogP contribution in [0.1, 0.15) is 28.9 Å². The number of hydrogen-bond donors (Lipinski definition) is 1. The SMILES string of the molecule is N#Cc1ccccc1Nc1cc(C(=O)N2CCCC2)ncn1. The minimum absolute atomic E-state index is 0.0727. The molecule has 0 saturated carbocycles. The molecule has 1 amide bonds. The molecule has 0 spiro atoms. The maximum atomic E-state index is 12.3. The van der Waals surface area contributed by atoms with Gasteiger partial charge in [0.15, 0.2) is 0 Å². The lowest BCUT2D eigenvalue weighted by atomic mass is 10.2. The Bertz CT molecular complexity index is 731. The number of benzene rings is 1. The predicted octanol–water partition coefficient (Wildman–Crippen LogP) is 2.33. The van der Waals surface area contributed by atoms with Gasteiger partial charge in [-0.25, -0.2) is 9.97 Å². The molecule has 6 heteroatoms. The Kier molecular flexibility index (Phi) is 3.97. The number of carbonyl (C=O) groups excluding carboxylic acids is 1. The second-order valence-corrected chi connectivity index (χ2v) is 5.07. The van der Waals surface area contributed by atoms with Crippen molar-refractivity contribution in [3.8, 4) is 6.07 Å². The Morgan fingerprint density at radius 1 is 1.23 bits per heavy atom. The lowest BCUT2D eigenvalue weighted by molar-refractivity contribution is 0.0787. The minimum atomic E-state index is -0.0727. The highest BCUT2D eigenvalue weighted by Crippen LogP contribution is 2.19. The summed E-state index contributed by atoms with van der Waals surface area (Å²) < 4.78 is 0. The Morgan fingerprint density at radius 3 is 2.77 bits per heavy atom. The molecule has 0 radical (unpaired) electrons. The van der Waals surface area contributed by atoms with E-state index in [1.54, 1.807) is 29.2 Å². The standard InChI is InChI=1S/C16H15N5O/c17-10-12-5-1-2-6-13(12)20-15-9-14(18-11-19-15)16(22)21-7-3-4-8-21/h1-2,5-6,9,11H,3-4,7-8H2,(H,18,19,20). The van der Waals surface area contributed by atoms with E-state index in [0.717, 1.165) is 25.9 Å². The fraction of sp³-hybridized carbons (Fsp3) is 0.250. The Morgan fingerprint density at radius 2 is 2.00 bits per heavy atom. The van der Waals surface area contributed by atoms with Crippen LogP contribution in [0.25, 0.3) is 0 Å². The number of hydrogen-bond acceptors (Lipinski definition) is 5. The van der Waals surface area contributed by atoms with Crippen LogP contribution in [0.3, 0.4) is 0 Å². The van der Waals surface area contributed by atoms with Crippen molar-refractivity contribution in [1.29, 1.82) is 5.26 Å². The van der Waals surface area contributed by atoms with Gasteiger partial charge in [0.05, 0.1) is 11.3 Å². The summed E-state index contributed by atoms with van der Waals surface area (Å²) in [6, 6.07) is 10.9. The first kappa shape index (κ1) is 14.0. The van der Waals surface area contributed by atoms with E-state index in [1.807, 2.05) is 6.07 Å². The quantitative estimate of drug-likeness (QED) is 0.939. The number of carbonyl (C=O) groups is 1. The lowest BCUT2D eigenvalue weighted by Crippen LogP contribution is -2.28. The van der Waals surface area contributed by atoms with Crippen molar-refractivity contribution in [2.45, 2.75) is 12.8 Å². The van der Waals surface area contributed by atoms with Crippen molar-refractivity contribution >= 4 is 17.4 Å². The van der Waals surface area contributed by atoms with Gasteiger partial charge in [-0.1, -0.05) is 12.1 Å². The second kappa shape index (κ2) is 6.22. The van der Waals surface area contributed by atoms with Crippen LogP contribution in [0.4, 0.5) is 11.5 Å². The van der Waals surface area contributed by atoms with Gasteiger partial charge in [0.1, 0.15) is 23.9 Å². The largest absolute Gasteiger partial charge is 0.339 e. The average molecular weight is 293 g/mol. The normalized spacial score (nSPS) is 13.7. The first-order valence-corrected chi connectivity index (χ1v) is 7.15. The molecule has 1 aliphatic rings. The zero-order valence-electron chi connectivity index (χ0n) is 12.0. The summed E-state index contributed by atoms with van der Waals surface area (Å²) in [7, 11) is 0. The molecule has 1 aliphatic heterocycles. The summed E-state index contributed by atoms with van der Waals surface area (Å²) in [6.07, 6.45) is 3.44. The number of anilines is 2. The molecule has 2 heterocycles. The molecule has 0 atom stereocenters. The summed E-state index contributed by atoms with van der Waals surface area (Å²) >= 11 is 0. The second-order valence-electron chi connectivity index (χ2n) is 5.07. The molecule has 0 bridgehead atoms. The van der Waals surface area contributed by atoms with E-state index in [2.05, 4.69) is 21.4 Å². The molecule has 3 rings (SSSR count). The lowest BCUT2D eigenvalue weighted by Gasteiger charge is -2.15. The van der Waals surface area contributed by atoms with E-state index < -0.39 is 0 Å². The van der Waals surface area contributed by atoms with E-state index in [4.69, 9.17) is 5.26 Å². The van der Waals surface area contributed by atoms with Gasteiger partial charge in [-0.3, -0.25) is 4.79 Å². The van der Waals surface area contributed by atoms with Gasteiger partial charge in [-0.2, -0.15) is 5.26 Å². The van der Waals surface area contributed by atoms with Gasteiger partial charge in [-0.05, 0) is 25.0 Å². The van der Waals surface area contributed by atoms with Crippen LogP contribution >= 0.6 is 0 Å². The fourth-order valence-electron chi connectivity index (χ4n) is 2.45. The summed E-state index contributed by atoms with van der Waals surface area (Å²) in [6.45, 7) is 1.56. The molecule has 6 nitrogen and oxygen atoms in total. The highest BCUT2D eigenvalue weighted by Gasteiger charge is 2.20. The highest BCUT2D eigenvalue weighted by molar-refractivity contribution is 5.93. The molecule has 0 aliphatic carbocycles. The Hall–Kier alpha value is -2.94. The maximum absolute atomic E-state index is 12.3. The average Bonchev–Trinajstić information content (AvgIpc) is 3.09. The number of rotatable bonds is 3. The number of aromatic nitrogens is 2. The zero-order chi connectivity index (χ0) is 15.4. The molecular formula is C16H15N5O. The number of nitrogens with zero attached hydrogens (tertiary/aromatic N) is 4. The van der Waals surface area contributed by atoms with Crippen molar-refractivity contribution < 1.29 is 4.79 Å². The van der Waals surface area contributed by atoms with E-state index in [9.17, 15) is 4.79 Å². The predicted molar refractivity (Wildman–Crippen MR) is 81.6 cm³/mol. The van der Waals surface area contributed by atoms with Crippen LogP contribution in [0, 0.1) is 11.3 Å². The smallest absolute Gasteiger partial charge is 0.272 e. The van der Waals surface area contributed by atoms with Crippen LogP contribution in [0.2, 0.25) is 0 Å². The zero-order valence-corrected chi connectivity index (χ0v) is 12.0. The van der Waals surface area contributed by atoms with Gasteiger partial charge in [0.25, 0.3) is 5.91 Å². The number of likely N-dealkylation sites (tertiary alicyclic amines) is 1. The van der Waals surface area contributed by atoms with E-state index in [-0.39, 0.29) is 5.91 Å². The first-order chi connectivity index (χ1) is 10.8. The molecule has 22 heavy (non-hydrogen) atoms. The van der Waals surface area contributed by atoms with Gasteiger partial charge in [-0.15, -0.1) is 0 Å². The third-order valence-electron chi connectivity index (χ3n) is 3.59. The van der Waals surface area contributed by atoms with E-state index in [1.165, 1.54) is 6.33 Å². The van der Waals surface area contributed by atoms with E-state index in [0.29, 0.717) is 22.8 Å². The first-order valence-electron chi connectivity index (χ1n) is 7.15. The molecule has 1 N–H and O–H groups in total. The van der Waals surface area contributed by atoms with E-state index >= 15 is 0 Å². The van der Waals surface area contributed by atoms with Crippen LogP contribution < -0.4 is 5.32 Å². The van der Waals surface area contributed by atoms with Crippen molar-refractivity contribution in [3.63, 3.8) is 0 Å². The number of nitriles is 1. The topological polar surface area (TPSA) is 81.9 Å². The molecular weight excluding hydrogens is 278 g/mol. The summed E-state index contributed by atoms with van der Waals surface area (Å²) in [5.74, 6) is 0.428. The van der Waals surface area contributed by atoms with Crippen LogP contribution in [-0.4, -0.2) is 33.9 Å². The third kappa shape index (κ3) is 2.88.